The van der Waals surface area contributed by atoms with Gasteiger partial charge in [0.25, 0.3) is 0 Å². The van der Waals surface area contributed by atoms with Crippen molar-refractivity contribution in [2.24, 2.45) is 5.92 Å². The van der Waals surface area contributed by atoms with Crippen LogP contribution in [0.25, 0.3) is 0 Å². The van der Waals surface area contributed by atoms with Gasteiger partial charge in [-0.3, -0.25) is 14.4 Å². The first-order chi connectivity index (χ1) is 16.4. The molecule has 0 bridgehead atoms. The number of benzene rings is 2. The Morgan fingerprint density at radius 1 is 1.00 bits per heavy atom. The minimum atomic E-state index is -0.547. The molecule has 3 aromatic rings. The third-order valence-corrected chi connectivity index (χ3v) is 7.09. The van der Waals surface area contributed by atoms with E-state index in [-0.39, 0.29) is 42.4 Å². The normalized spacial score (nSPS) is 20.3. The molecule has 1 aromatic heterocycles. The third kappa shape index (κ3) is 4.41. The van der Waals surface area contributed by atoms with Gasteiger partial charge in [-0.15, -0.1) is 10.2 Å². The van der Waals surface area contributed by atoms with E-state index in [1.54, 1.807) is 4.90 Å². The first-order valence-corrected chi connectivity index (χ1v) is 11.8. The van der Waals surface area contributed by atoms with Gasteiger partial charge in [0.1, 0.15) is 10.8 Å². The highest BCUT2D eigenvalue weighted by Crippen LogP contribution is 2.35. The van der Waals surface area contributed by atoms with Gasteiger partial charge < -0.3 is 15.1 Å². The second-order valence-electron chi connectivity index (χ2n) is 8.56. The fraction of sp³-hybridized carbons (Fsp3) is 0.292. The van der Waals surface area contributed by atoms with Crippen LogP contribution in [0.15, 0.2) is 48.5 Å². The fourth-order valence-corrected chi connectivity index (χ4v) is 5.17. The maximum Gasteiger partial charge on any atom is 0.231 e. The molecule has 2 aliphatic rings. The summed E-state index contributed by atoms with van der Waals surface area (Å²) in [5, 5.41) is 12.1. The Bertz CT molecular complexity index is 1260. The van der Waals surface area contributed by atoms with Gasteiger partial charge >= 0.3 is 0 Å². The lowest BCUT2D eigenvalue weighted by atomic mass is 10.1. The number of halogens is 1. The Balaban J connectivity index is 1.22. The number of nitrogens with zero attached hydrogens (tertiary/aromatic N) is 4. The smallest absolute Gasteiger partial charge is 0.231 e. The first-order valence-electron chi connectivity index (χ1n) is 10.9. The lowest BCUT2D eigenvalue weighted by Gasteiger charge is -2.16. The van der Waals surface area contributed by atoms with Crippen molar-refractivity contribution >= 4 is 45.6 Å². The second-order valence-corrected chi connectivity index (χ2v) is 9.57. The summed E-state index contributed by atoms with van der Waals surface area (Å²) in [4.78, 5) is 41.0. The molecule has 0 spiro atoms. The van der Waals surface area contributed by atoms with Crippen molar-refractivity contribution < 1.29 is 18.8 Å². The van der Waals surface area contributed by atoms with Gasteiger partial charge in [0.2, 0.25) is 22.9 Å². The zero-order valence-corrected chi connectivity index (χ0v) is 19.2. The molecular formula is C24H22FN5O3S. The molecule has 10 heteroatoms. The molecule has 2 atom stereocenters. The molecule has 2 unspecified atom stereocenters. The van der Waals surface area contributed by atoms with Crippen molar-refractivity contribution in [1.82, 2.24) is 10.2 Å². The lowest BCUT2D eigenvalue weighted by Crippen LogP contribution is -2.28. The minimum Gasteiger partial charge on any atom is -0.312 e. The highest BCUT2D eigenvalue weighted by molar-refractivity contribution is 7.15. The number of carbonyl (C=O) groups is 3. The number of aryl methyl sites for hydroxylation is 1. The van der Waals surface area contributed by atoms with E-state index in [9.17, 15) is 18.8 Å². The predicted molar refractivity (Wildman–Crippen MR) is 126 cm³/mol. The molecular weight excluding hydrogens is 457 g/mol. The molecule has 2 saturated heterocycles. The summed E-state index contributed by atoms with van der Waals surface area (Å²) in [5.74, 6) is -1.51. The molecule has 2 aromatic carbocycles. The summed E-state index contributed by atoms with van der Waals surface area (Å²) < 4.78 is 13.2. The van der Waals surface area contributed by atoms with Crippen LogP contribution in [0.1, 0.15) is 29.3 Å². The molecule has 8 nitrogen and oxygen atoms in total. The van der Waals surface area contributed by atoms with E-state index in [2.05, 4.69) is 15.5 Å². The molecule has 2 fully saturated rings. The standard InChI is InChI=1S/C24H22FN5O3S/c1-14-3-2-4-19(9-14)30-13-16(11-21(30)32)23-27-28-24(34-23)26-22(33)15-10-20(31)29(12-15)18-7-5-17(25)6-8-18/h2-9,15-16H,10-13H2,1H3,(H,26,28,33). The Labute approximate surface area is 199 Å². The number of aromatic nitrogens is 2. The second kappa shape index (κ2) is 8.94. The van der Waals surface area contributed by atoms with Crippen LogP contribution in [-0.4, -0.2) is 41.0 Å². The van der Waals surface area contributed by atoms with Crippen LogP contribution in [0.4, 0.5) is 20.9 Å². The van der Waals surface area contributed by atoms with E-state index in [0.717, 1.165) is 11.3 Å². The SMILES string of the molecule is Cc1cccc(N2CC(c3nnc(NC(=O)C4CC(=O)N(c5ccc(F)cc5)C4)s3)CC2=O)c1. The van der Waals surface area contributed by atoms with Crippen LogP contribution in [0.5, 0.6) is 0 Å². The zero-order valence-electron chi connectivity index (χ0n) is 18.4. The fourth-order valence-electron chi connectivity index (χ4n) is 4.33. The van der Waals surface area contributed by atoms with Crippen molar-refractivity contribution in [1.29, 1.82) is 0 Å². The molecule has 3 heterocycles. The van der Waals surface area contributed by atoms with Gasteiger partial charge in [-0.1, -0.05) is 23.5 Å². The van der Waals surface area contributed by atoms with Crippen LogP contribution in [-0.2, 0) is 14.4 Å². The Kier molecular flexibility index (Phi) is 5.82. The number of hydrogen-bond acceptors (Lipinski definition) is 6. The highest BCUT2D eigenvalue weighted by atomic mass is 32.1. The average molecular weight is 480 g/mol. The van der Waals surface area contributed by atoms with E-state index < -0.39 is 5.92 Å². The monoisotopic (exact) mass is 479 g/mol. The van der Waals surface area contributed by atoms with Gasteiger partial charge in [0.15, 0.2) is 0 Å². The number of anilines is 3. The Morgan fingerprint density at radius 2 is 1.74 bits per heavy atom. The van der Waals surface area contributed by atoms with Crippen molar-refractivity contribution in [3.8, 4) is 0 Å². The number of rotatable bonds is 5. The summed E-state index contributed by atoms with van der Waals surface area (Å²) in [6.45, 7) is 2.71. The molecule has 0 aliphatic carbocycles. The topological polar surface area (TPSA) is 95.5 Å². The van der Waals surface area contributed by atoms with Gasteiger partial charge in [0.05, 0.1) is 5.92 Å². The van der Waals surface area contributed by atoms with Crippen molar-refractivity contribution in [2.75, 3.05) is 28.2 Å². The van der Waals surface area contributed by atoms with Gasteiger partial charge in [0, 0.05) is 43.2 Å². The number of carbonyl (C=O) groups excluding carboxylic acids is 3. The molecule has 174 valence electrons. The lowest BCUT2D eigenvalue weighted by molar-refractivity contribution is -0.122. The van der Waals surface area contributed by atoms with Gasteiger partial charge in [-0.25, -0.2) is 4.39 Å². The van der Waals surface area contributed by atoms with E-state index in [0.29, 0.717) is 28.8 Å². The molecule has 1 N–H and O–H groups in total. The molecule has 3 amide bonds. The highest BCUT2D eigenvalue weighted by Gasteiger charge is 2.37. The summed E-state index contributed by atoms with van der Waals surface area (Å²) in [7, 11) is 0. The molecule has 34 heavy (non-hydrogen) atoms. The molecule has 2 aliphatic heterocycles. The van der Waals surface area contributed by atoms with E-state index >= 15 is 0 Å². The maximum absolute atomic E-state index is 13.2. The van der Waals surface area contributed by atoms with Gasteiger partial charge in [-0.05, 0) is 48.9 Å². The quantitative estimate of drug-likeness (QED) is 0.604. The van der Waals surface area contributed by atoms with Crippen LogP contribution in [0.2, 0.25) is 0 Å². The summed E-state index contributed by atoms with van der Waals surface area (Å²) >= 11 is 1.25. The Morgan fingerprint density at radius 3 is 2.50 bits per heavy atom. The van der Waals surface area contributed by atoms with Crippen LogP contribution in [0, 0.1) is 18.7 Å². The summed E-state index contributed by atoms with van der Waals surface area (Å²) in [5.41, 5.74) is 2.50. The largest absolute Gasteiger partial charge is 0.312 e. The number of amides is 3. The third-order valence-electron chi connectivity index (χ3n) is 6.09. The number of nitrogens with one attached hydrogen (secondary N) is 1. The predicted octanol–water partition coefficient (Wildman–Crippen LogP) is 3.50. The summed E-state index contributed by atoms with van der Waals surface area (Å²) in [6, 6.07) is 13.4. The van der Waals surface area contributed by atoms with Crippen molar-refractivity contribution in [3.05, 3.63) is 64.9 Å². The van der Waals surface area contributed by atoms with Crippen LogP contribution >= 0.6 is 11.3 Å². The molecule has 5 rings (SSSR count). The van der Waals surface area contributed by atoms with E-state index in [1.165, 1.54) is 40.5 Å². The van der Waals surface area contributed by atoms with Crippen molar-refractivity contribution in [2.45, 2.75) is 25.7 Å². The van der Waals surface area contributed by atoms with E-state index in [4.69, 9.17) is 0 Å². The van der Waals surface area contributed by atoms with Gasteiger partial charge in [-0.2, -0.15) is 0 Å². The Hall–Kier alpha value is -3.66. The summed E-state index contributed by atoms with van der Waals surface area (Å²) in [6.07, 6.45) is 0.401. The zero-order chi connectivity index (χ0) is 23.8. The minimum absolute atomic E-state index is 0.0294. The van der Waals surface area contributed by atoms with Crippen LogP contribution in [0.3, 0.4) is 0 Å². The molecule has 0 saturated carbocycles. The molecule has 0 radical (unpaired) electrons. The average Bonchev–Trinajstić information content (AvgIpc) is 3.53. The van der Waals surface area contributed by atoms with Crippen LogP contribution < -0.4 is 15.1 Å². The maximum atomic E-state index is 13.2. The number of hydrogen-bond donors (Lipinski definition) is 1. The van der Waals surface area contributed by atoms with E-state index in [1.807, 2.05) is 31.2 Å². The van der Waals surface area contributed by atoms with Crippen molar-refractivity contribution in [3.63, 3.8) is 0 Å². The first kappa shape index (κ1) is 22.1.